The maximum atomic E-state index is 5.17. The number of methoxy groups -OCH3 is 2. The first-order chi connectivity index (χ1) is 9.36. The molecule has 0 radical (unpaired) electrons. The molecule has 104 valence electrons. The Hall–Kier alpha value is -1.43. The Morgan fingerprint density at radius 1 is 1.16 bits per heavy atom. The fraction of sp³-hybridized carbons (Fsp3) is 0.500. The average Bonchev–Trinajstić information content (AvgIpc) is 2.79. The standard InChI is InChI=1S/C14H21N3O2/c1-18-9-7-15-11-14-16-12-5-3-4-6-13(12)17(14)8-10-19-2/h3-6,15H,7-11H2,1-2H3. The second-order valence-electron chi connectivity index (χ2n) is 4.33. The summed E-state index contributed by atoms with van der Waals surface area (Å²) < 4.78 is 12.4. The van der Waals surface area contributed by atoms with Gasteiger partial charge in [0.2, 0.25) is 0 Å². The number of nitrogens with one attached hydrogen (secondary N) is 1. The number of aromatic nitrogens is 2. The van der Waals surface area contributed by atoms with Crippen LogP contribution < -0.4 is 5.32 Å². The van der Waals surface area contributed by atoms with Crippen molar-refractivity contribution in [3.8, 4) is 0 Å². The molecule has 2 aromatic rings. The molecule has 0 saturated carbocycles. The van der Waals surface area contributed by atoms with Gasteiger partial charge in [-0.3, -0.25) is 0 Å². The summed E-state index contributed by atoms with van der Waals surface area (Å²) in [5.74, 6) is 1.04. The summed E-state index contributed by atoms with van der Waals surface area (Å²) in [5.41, 5.74) is 2.19. The average molecular weight is 263 g/mol. The zero-order valence-corrected chi connectivity index (χ0v) is 11.6. The molecule has 0 bridgehead atoms. The summed E-state index contributed by atoms with van der Waals surface area (Å²) in [4.78, 5) is 4.67. The molecule has 1 aromatic heterocycles. The van der Waals surface area contributed by atoms with Crippen molar-refractivity contribution in [3.05, 3.63) is 30.1 Å². The van der Waals surface area contributed by atoms with Crippen LogP contribution in [0.1, 0.15) is 5.82 Å². The lowest BCUT2D eigenvalue weighted by atomic mass is 10.3. The molecule has 5 heteroatoms. The molecule has 0 fully saturated rings. The van der Waals surface area contributed by atoms with Crippen LogP contribution in [0, 0.1) is 0 Å². The number of imidazole rings is 1. The summed E-state index contributed by atoms with van der Waals surface area (Å²) >= 11 is 0. The van der Waals surface area contributed by atoms with Gasteiger partial charge in [0.15, 0.2) is 0 Å². The van der Waals surface area contributed by atoms with Crippen LogP contribution in [-0.2, 0) is 22.6 Å². The Morgan fingerprint density at radius 2 is 1.95 bits per heavy atom. The van der Waals surface area contributed by atoms with Crippen molar-refractivity contribution >= 4 is 11.0 Å². The third-order valence-corrected chi connectivity index (χ3v) is 3.02. The van der Waals surface area contributed by atoms with Crippen molar-refractivity contribution in [1.29, 1.82) is 0 Å². The monoisotopic (exact) mass is 263 g/mol. The maximum absolute atomic E-state index is 5.17. The normalized spacial score (nSPS) is 11.3. The van der Waals surface area contributed by atoms with E-state index in [0.29, 0.717) is 13.2 Å². The van der Waals surface area contributed by atoms with Crippen LogP contribution in [0.2, 0.25) is 0 Å². The molecule has 0 atom stereocenters. The highest BCUT2D eigenvalue weighted by Crippen LogP contribution is 2.15. The van der Waals surface area contributed by atoms with Crippen LogP contribution in [0.3, 0.4) is 0 Å². The first-order valence-electron chi connectivity index (χ1n) is 6.49. The molecule has 19 heavy (non-hydrogen) atoms. The lowest BCUT2D eigenvalue weighted by Crippen LogP contribution is -2.21. The van der Waals surface area contributed by atoms with Crippen molar-refractivity contribution in [2.24, 2.45) is 0 Å². The van der Waals surface area contributed by atoms with Crippen LogP contribution in [0.4, 0.5) is 0 Å². The van der Waals surface area contributed by atoms with Gasteiger partial charge in [0.1, 0.15) is 5.82 Å². The Kier molecular flexibility index (Phi) is 5.32. The van der Waals surface area contributed by atoms with Gasteiger partial charge in [-0.2, -0.15) is 0 Å². The molecular formula is C14H21N3O2. The second-order valence-corrected chi connectivity index (χ2v) is 4.33. The Bertz CT molecular complexity index is 510. The molecule has 0 unspecified atom stereocenters. The van der Waals surface area contributed by atoms with Gasteiger partial charge < -0.3 is 19.4 Å². The summed E-state index contributed by atoms with van der Waals surface area (Å²) in [6, 6.07) is 8.18. The van der Waals surface area contributed by atoms with Gasteiger partial charge in [0, 0.05) is 27.3 Å². The minimum atomic E-state index is 0.686. The lowest BCUT2D eigenvalue weighted by molar-refractivity contribution is 0.186. The Balaban J connectivity index is 2.15. The van der Waals surface area contributed by atoms with Crippen molar-refractivity contribution in [1.82, 2.24) is 14.9 Å². The molecule has 0 saturated heterocycles. The molecular weight excluding hydrogens is 242 g/mol. The molecule has 1 heterocycles. The number of ether oxygens (including phenoxy) is 2. The van der Waals surface area contributed by atoms with Gasteiger partial charge in [-0.05, 0) is 12.1 Å². The van der Waals surface area contributed by atoms with Gasteiger partial charge in [0.25, 0.3) is 0 Å². The summed E-state index contributed by atoms with van der Waals surface area (Å²) in [6.45, 7) is 3.77. The van der Waals surface area contributed by atoms with E-state index in [1.165, 1.54) is 0 Å². The van der Waals surface area contributed by atoms with Crippen molar-refractivity contribution in [2.45, 2.75) is 13.1 Å². The van der Waals surface area contributed by atoms with E-state index in [9.17, 15) is 0 Å². The van der Waals surface area contributed by atoms with E-state index in [1.54, 1.807) is 14.2 Å². The third kappa shape index (κ3) is 3.53. The first-order valence-corrected chi connectivity index (χ1v) is 6.49. The highest BCUT2D eigenvalue weighted by Gasteiger charge is 2.09. The van der Waals surface area contributed by atoms with E-state index in [4.69, 9.17) is 9.47 Å². The smallest absolute Gasteiger partial charge is 0.123 e. The van der Waals surface area contributed by atoms with Crippen LogP contribution in [0.25, 0.3) is 11.0 Å². The minimum absolute atomic E-state index is 0.686. The van der Waals surface area contributed by atoms with Gasteiger partial charge in [0.05, 0.1) is 30.8 Å². The van der Waals surface area contributed by atoms with Gasteiger partial charge in [-0.1, -0.05) is 12.1 Å². The highest BCUT2D eigenvalue weighted by atomic mass is 16.5. The molecule has 0 amide bonds. The molecule has 0 aliphatic carbocycles. The maximum Gasteiger partial charge on any atom is 0.123 e. The molecule has 5 nitrogen and oxygen atoms in total. The number of benzene rings is 1. The predicted octanol–water partition coefficient (Wildman–Crippen LogP) is 1.42. The molecule has 0 aliphatic heterocycles. The number of rotatable bonds is 8. The summed E-state index contributed by atoms with van der Waals surface area (Å²) in [6.07, 6.45) is 0. The molecule has 1 aromatic carbocycles. The predicted molar refractivity (Wildman–Crippen MR) is 75.2 cm³/mol. The number of para-hydroxylation sites is 2. The molecule has 0 spiro atoms. The van der Waals surface area contributed by atoms with Gasteiger partial charge in [-0.25, -0.2) is 4.98 Å². The summed E-state index contributed by atoms with van der Waals surface area (Å²) in [5, 5.41) is 3.33. The van der Waals surface area contributed by atoms with E-state index in [0.717, 1.165) is 36.5 Å². The second kappa shape index (κ2) is 7.23. The summed E-state index contributed by atoms with van der Waals surface area (Å²) in [7, 11) is 3.42. The van der Waals surface area contributed by atoms with E-state index >= 15 is 0 Å². The fourth-order valence-corrected chi connectivity index (χ4v) is 2.07. The van der Waals surface area contributed by atoms with Crippen molar-refractivity contribution in [3.63, 3.8) is 0 Å². The largest absolute Gasteiger partial charge is 0.383 e. The fourth-order valence-electron chi connectivity index (χ4n) is 2.07. The first kappa shape index (κ1) is 14.0. The minimum Gasteiger partial charge on any atom is -0.383 e. The van der Waals surface area contributed by atoms with Crippen LogP contribution >= 0.6 is 0 Å². The van der Waals surface area contributed by atoms with Crippen molar-refractivity contribution < 1.29 is 9.47 Å². The number of fused-ring (bicyclic) bond motifs is 1. The van der Waals surface area contributed by atoms with E-state index in [2.05, 4.69) is 20.9 Å². The number of hydrogen-bond donors (Lipinski definition) is 1. The van der Waals surface area contributed by atoms with E-state index < -0.39 is 0 Å². The third-order valence-electron chi connectivity index (χ3n) is 3.02. The topological polar surface area (TPSA) is 48.3 Å². The quantitative estimate of drug-likeness (QED) is 0.732. The Morgan fingerprint density at radius 3 is 2.74 bits per heavy atom. The molecule has 1 N–H and O–H groups in total. The van der Waals surface area contributed by atoms with Gasteiger partial charge in [-0.15, -0.1) is 0 Å². The zero-order chi connectivity index (χ0) is 13.5. The number of nitrogens with zero attached hydrogens (tertiary/aromatic N) is 2. The van der Waals surface area contributed by atoms with Crippen molar-refractivity contribution in [2.75, 3.05) is 34.0 Å². The number of hydrogen-bond acceptors (Lipinski definition) is 4. The SMILES string of the molecule is COCCNCc1nc2ccccc2n1CCOC. The van der Waals surface area contributed by atoms with Crippen LogP contribution in [0.15, 0.2) is 24.3 Å². The van der Waals surface area contributed by atoms with Crippen LogP contribution in [0.5, 0.6) is 0 Å². The zero-order valence-electron chi connectivity index (χ0n) is 11.6. The van der Waals surface area contributed by atoms with E-state index in [-0.39, 0.29) is 0 Å². The highest BCUT2D eigenvalue weighted by molar-refractivity contribution is 5.75. The lowest BCUT2D eigenvalue weighted by Gasteiger charge is -2.09. The van der Waals surface area contributed by atoms with Crippen LogP contribution in [-0.4, -0.2) is 43.5 Å². The molecule has 0 aliphatic rings. The molecule has 2 rings (SSSR count). The Labute approximate surface area is 113 Å². The van der Waals surface area contributed by atoms with Gasteiger partial charge >= 0.3 is 0 Å². The van der Waals surface area contributed by atoms with E-state index in [1.807, 2.05) is 18.2 Å².